The third-order valence-corrected chi connectivity index (χ3v) is 2.92. The van der Waals surface area contributed by atoms with Gasteiger partial charge in [0, 0.05) is 23.0 Å². The molecule has 1 amide bonds. The van der Waals surface area contributed by atoms with Gasteiger partial charge in [-0.1, -0.05) is 0 Å². The molecule has 0 spiro atoms. The molecule has 0 saturated carbocycles. The molecule has 1 heterocycles. The van der Waals surface area contributed by atoms with Crippen LogP contribution in [0.5, 0.6) is 0 Å². The Kier molecular flexibility index (Phi) is 3.24. The molecule has 6 heteroatoms. The maximum absolute atomic E-state index is 11.1. The summed E-state index contributed by atoms with van der Waals surface area (Å²) in [4.78, 5) is 20.1. The van der Waals surface area contributed by atoms with Gasteiger partial charge in [-0.05, 0) is 36.0 Å². The number of anilines is 1. The lowest BCUT2D eigenvalue weighted by atomic mass is 10.2. The van der Waals surface area contributed by atoms with Crippen LogP contribution in [0, 0.1) is 0 Å². The first-order valence-corrected chi connectivity index (χ1v) is 5.62. The molecule has 0 aliphatic carbocycles. The standard InChI is InChI=1S/C11H10N4OS/c12-9-3-2-7(6-8(9)10(13)16)17-11-14-4-1-5-15-11/h1-6H,12H2,(H2,13,16). The second-order valence-corrected chi connectivity index (χ2v) is 4.29. The minimum atomic E-state index is -0.543. The number of carbonyl (C=O) groups excluding carboxylic acids is 1. The summed E-state index contributed by atoms with van der Waals surface area (Å²) in [6.45, 7) is 0. The highest BCUT2D eigenvalue weighted by Crippen LogP contribution is 2.26. The molecule has 0 saturated heterocycles. The molecule has 0 radical (unpaired) electrons. The third-order valence-electron chi connectivity index (χ3n) is 2.04. The fourth-order valence-corrected chi connectivity index (χ4v) is 2.01. The first kappa shape index (κ1) is 11.4. The molecule has 4 N–H and O–H groups in total. The molecule has 0 aliphatic heterocycles. The van der Waals surface area contributed by atoms with Gasteiger partial charge in [0.25, 0.3) is 5.91 Å². The number of nitrogen functional groups attached to an aromatic ring is 1. The average molecular weight is 246 g/mol. The molecule has 2 rings (SSSR count). The van der Waals surface area contributed by atoms with E-state index in [1.807, 2.05) is 0 Å². The third kappa shape index (κ3) is 2.73. The normalized spacial score (nSPS) is 10.1. The lowest BCUT2D eigenvalue weighted by Gasteiger charge is -2.04. The van der Waals surface area contributed by atoms with Gasteiger partial charge in [0.2, 0.25) is 0 Å². The first-order valence-electron chi connectivity index (χ1n) is 4.81. The summed E-state index contributed by atoms with van der Waals surface area (Å²) in [6, 6.07) is 6.81. The summed E-state index contributed by atoms with van der Waals surface area (Å²) in [5.41, 5.74) is 11.5. The lowest BCUT2D eigenvalue weighted by molar-refractivity contribution is 0.100. The molecule has 1 aromatic heterocycles. The van der Waals surface area contributed by atoms with Crippen molar-refractivity contribution in [3.05, 3.63) is 42.2 Å². The molecule has 5 nitrogen and oxygen atoms in total. The van der Waals surface area contributed by atoms with Crippen molar-refractivity contribution in [2.75, 3.05) is 5.73 Å². The molecule has 86 valence electrons. The number of hydrogen-bond acceptors (Lipinski definition) is 5. The van der Waals surface area contributed by atoms with Crippen LogP contribution < -0.4 is 11.5 Å². The van der Waals surface area contributed by atoms with Crippen molar-refractivity contribution in [2.45, 2.75) is 10.1 Å². The van der Waals surface area contributed by atoms with E-state index in [0.29, 0.717) is 16.4 Å². The Balaban J connectivity index is 2.29. The van der Waals surface area contributed by atoms with Crippen LogP contribution in [-0.4, -0.2) is 15.9 Å². The summed E-state index contributed by atoms with van der Waals surface area (Å²) in [7, 11) is 0. The molecule has 0 aliphatic rings. The minimum absolute atomic E-state index is 0.311. The molecule has 0 bridgehead atoms. The molecule has 0 unspecified atom stereocenters. The predicted octanol–water partition coefficient (Wildman–Crippen LogP) is 1.31. The van der Waals surface area contributed by atoms with Gasteiger partial charge in [-0.2, -0.15) is 0 Å². The quantitative estimate of drug-likeness (QED) is 0.629. The van der Waals surface area contributed by atoms with E-state index in [1.165, 1.54) is 11.8 Å². The number of aromatic nitrogens is 2. The Bertz CT molecular complexity index is 544. The van der Waals surface area contributed by atoms with Crippen molar-refractivity contribution in [1.82, 2.24) is 9.97 Å². The molecule has 17 heavy (non-hydrogen) atoms. The van der Waals surface area contributed by atoms with Crippen LogP contribution in [0.25, 0.3) is 0 Å². The maximum Gasteiger partial charge on any atom is 0.250 e. The van der Waals surface area contributed by atoms with E-state index in [9.17, 15) is 4.79 Å². The van der Waals surface area contributed by atoms with Gasteiger partial charge in [-0.15, -0.1) is 0 Å². The number of nitrogens with zero attached hydrogens (tertiary/aromatic N) is 2. The van der Waals surface area contributed by atoms with Gasteiger partial charge >= 0.3 is 0 Å². The van der Waals surface area contributed by atoms with Crippen molar-refractivity contribution in [3.63, 3.8) is 0 Å². The second-order valence-electron chi connectivity index (χ2n) is 3.25. The Hall–Kier alpha value is -2.08. The van der Waals surface area contributed by atoms with E-state index in [4.69, 9.17) is 11.5 Å². The number of carbonyl (C=O) groups is 1. The van der Waals surface area contributed by atoms with E-state index in [0.717, 1.165) is 4.90 Å². The van der Waals surface area contributed by atoms with Crippen LogP contribution in [0.3, 0.4) is 0 Å². The maximum atomic E-state index is 11.1. The van der Waals surface area contributed by atoms with E-state index in [2.05, 4.69) is 9.97 Å². The molecule has 0 atom stereocenters. The van der Waals surface area contributed by atoms with Crippen LogP contribution in [0.1, 0.15) is 10.4 Å². The average Bonchev–Trinajstić information content (AvgIpc) is 2.32. The van der Waals surface area contributed by atoms with Crippen molar-refractivity contribution in [2.24, 2.45) is 5.73 Å². The second kappa shape index (κ2) is 4.84. The first-order chi connectivity index (χ1) is 8.16. The zero-order valence-electron chi connectivity index (χ0n) is 8.83. The summed E-state index contributed by atoms with van der Waals surface area (Å²) in [6.07, 6.45) is 3.31. The smallest absolute Gasteiger partial charge is 0.250 e. The highest BCUT2D eigenvalue weighted by molar-refractivity contribution is 7.99. The minimum Gasteiger partial charge on any atom is -0.398 e. The molecular weight excluding hydrogens is 236 g/mol. The van der Waals surface area contributed by atoms with Crippen molar-refractivity contribution in [1.29, 1.82) is 0 Å². The van der Waals surface area contributed by atoms with E-state index in [1.54, 1.807) is 36.7 Å². The van der Waals surface area contributed by atoms with Gasteiger partial charge < -0.3 is 11.5 Å². The van der Waals surface area contributed by atoms with Crippen LogP contribution in [0.15, 0.2) is 46.7 Å². The number of nitrogens with two attached hydrogens (primary N) is 2. The molecule has 2 aromatic rings. The molecule has 1 aromatic carbocycles. The van der Waals surface area contributed by atoms with Gasteiger partial charge in [0.15, 0.2) is 5.16 Å². The number of primary amides is 1. The van der Waals surface area contributed by atoms with Gasteiger partial charge in [-0.3, -0.25) is 4.79 Å². The number of amides is 1. The summed E-state index contributed by atoms with van der Waals surface area (Å²) < 4.78 is 0. The number of hydrogen-bond donors (Lipinski definition) is 2. The summed E-state index contributed by atoms with van der Waals surface area (Å²) in [5.74, 6) is -0.543. The largest absolute Gasteiger partial charge is 0.398 e. The van der Waals surface area contributed by atoms with Crippen molar-refractivity contribution < 1.29 is 4.79 Å². The van der Waals surface area contributed by atoms with Gasteiger partial charge in [0.1, 0.15) is 0 Å². The summed E-state index contributed by atoms with van der Waals surface area (Å²) >= 11 is 1.34. The summed E-state index contributed by atoms with van der Waals surface area (Å²) in [5, 5.41) is 0.604. The highest BCUT2D eigenvalue weighted by Gasteiger charge is 2.08. The SMILES string of the molecule is NC(=O)c1cc(Sc2ncccn2)ccc1N. The Labute approximate surface area is 102 Å². The Morgan fingerprint density at radius 1 is 1.24 bits per heavy atom. The fraction of sp³-hybridized carbons (Fsp3) is 0. The fourth-order valence-electron chi connectivity index (χ4n) is 1.26. The van der Waals surface area contributed by atoms with Gasteiger partial charge in [0.05, 0.1) is 5.56 Å². The lowest BCUT2D eigenvalue weighted by Crippen LogP contribution is -2.13. The molecule has 0 fully saturated rings. The number of benzene rings is 1. The van der Waals surface area contributed by atoms with Crippen molar-refractivity contribution in [3.8, 4) is 0 Å². The van der Waals surface area contributed by atoms with Crippen LogP contribution in [-0.2, 0) is 0 Å². The van der Waals surface area contributed by atoms with E-state index < -0.39 is 5.91 Å². The topological polar surface area (TPSA) is 94.9 Å². The van der Waals surface area contributed by atoms with Crippen molar-refractivity contribution >= 4 is 23.4 Å². The van der Waals surface area contributed by atoms with Gasteiger partial charge in [-0.25, -0.2) is 9.97 Å². The van der Waals surface area contributed by atoms with Crippen LogP contribution in [0.4, 0.5) is 5.69 Å². The monoisotopic (exact) mass is 246 g/mol. The van der Waals surface area contributed by atoms with Crippen LogP contribution >= 0.6 is 11.8 Å². The van der Waals surface area contributed by atoms with E-state index >= 15 is 0 Å². The molecular formula is C11H10N4OS. The van der Waals surface area contributed by atoms with E-state index in [-0.39, 0.29) is 0 Å². The van der Waals surface area contributed by atoms with Crippen LogP contribution in [0.2, 0.25) is 0 Å². The Morgan fingerprint density at radius 2 is 1.94 bits per heavy atom. The highest BCUT2D eigenvalue weighted by atomic mass is 32.2. The zero-order valence-corrected chi connectivity index (χ0v) is 9.65. The number of rotatable bonds is 3. The zero-order chi connectivity index (χ0) is 12.3. The Morgan fingerprint density at radius 3 is 2.59 bits per heavy atom. The predicted molar refractivity (Wildman–Crippen MR) is 65.5 cm³/mol.